The molecule has 0 spiro atoms. The summed E-state index contributed by atoms with van der Waals surface area (Å²) in [5.41, 5.74) is 1.88. The van der Waals surface area contributed by atoms with E-state index in [9.17, 15) is 4.79 Å². The number of benzene rings is 1. The van der Waals surface area contributed by atoms with E-state index in [0.29, 0.717) is 11.7 Å². The summed E-state index contributed by atoms with van der Waals surface area (Å²) in [5, 5.41) is 3.12. The molecule has 2 rings (SSSR count). The Bertz CT molecular complexity index is 632. The van der Waals surface area contributed by atoms with Gasteiger partial charge in [0.1, 0.15) is 0 Å². The van der Waals surface area contributed by atoms with Gasteiger partial charge in [0, 0.05) is 24.6 Å². The third-order valence-electron chi connectivity index (χ3n) is 3.13. The number of hydrogen-bond donors (Lipinski definition) is 1. The van der Waals surface area contributed by atoms with E-state index in [1.807, 2.05) is 31.2 Å². The van der Waals surface area contributed by atoms with Crippen LogP contribution in [0.5, 0.6) is 0 Å². The van der Waals surface area contributed by atoms with Crippen LogP contribution in [-0.2, 0) is 0 Å². The smallest absolute Gasteiger partial charge is 0.297 e. The van der Waals surface area contributed by atoms with Gasteiger partial charge in [0.15, 0.2) is 5.82 Å². The Hall–Kier alpha value is -2.10. The SMILES string of the molecule is Cc1cccc(-n2ccnc(NCCC(C)C)c2=O)c1. The number of nitrogens with one attached hydrogen (secondary N) is 1. The Balaban J connectivity index is 2.26. The van der Waals surface area contributed by atoms with Crippen molar-refractivity contribution >= 4 is 5.82 Å². The van der Waals surface area contributed by atoms with Crippen LogP contribution >= 0.6 is 0 Å². The van der Waals surface area contributed by atoms with Crippen LogP contribution in [0.25, 0.3) is 5.69 Å². The predicted octanol–water partition coefficient (Wildman–Crippen LogP) is 3.00. The fourth-order valence-electron chi connectivity index (χ4n) is 1.99. The summed E-state index contributed by atoms with van der Waals surface area (Å²) in [5.74, 6) is 1.01. The first kappa shape index (κ1) is 14.3. The molecule has 20 heavy (non-hydrogen) atoms. The highest BCUT2D eigenvalue weighted by atomic mass is 16.1. The lowest BCUT2D eigenvalue weighted by atomic mass is 10.1. The van der Waals surface area contributed by atoms with Crippen molar-refractivity contribution in [3.05, 3.63) is 52.6 Å². The highest BCUT2D eigenvalue weighted by molar-refractivity contribution is 5.39. The van der Waals surface area contributed by atoms with Crippen LogP contribution in [0.1, 0.15) is 25.8 Å². The van der Waals surface area contributed by atoms with Gasteiger partial charge >= 0.3 is 0 Å². The zero-order chi connectivity index (χ0) is 14.5. The molecule has 1 N–H and O–H groups in total. The van der Waals surface area contributed by atoms with E-state index in [0.717, 1.165) is 24.2 Å². The number of hydrogen-bond acceptors (Lipinski definition) is 3. The molecule has 1 aromatic heterocycles. The molecule has 106 valence electrons. The summed E-state index contributed by atoms with van der Waals surface area (Å²) in [6, 6.07) is 7.87. The largest absolute Gasteiger partial charge is 0.365 e. The van der Waals surface area contributed by atoms with Crippen molar-refractivity contribution in [2.24, 2.45) is 5.92 Å². The quantitative estimate of drug-likeness (QED) is 0.909. The monoisotopic (exact) mass is 271 g/mol. The van der Waals surface area contributed by atoms with Crippen molar-refractivity contribution in [2.75, 3.05) is 11.9 Å². The summed E-state index contributed by atoms with van der Waals surface area (Å²) in [7, 11) is 0. The second-order valence-corrected chi connectivity index (χ2v) is 5.40. The molecule has 0 aliphatic carbocycles. The molecule has 0 unspecified atom stereocenters. The van der Waals surface area contributed by atoms with Crippen LogP contribution in [-0.4, -0.2) is 16.1 Å². The van der Waals surface area contributed by atoms with Gasteiger partial charge in [0.2, 0.25) is 0 Å². The lowest BCUT2D eigenvalue weighted by Gasteiger charge is -2.10. The minimum absolute atomic E-state index is 0.109. The van der Waals surface area contributed by atoms with Crippen molar-refractivity contribution in [3.63, 3.8) is 0 Å². The average Bonchev–Trinajstić information content (AvgIpc) is 2.40. The molecule has 4 heteroatoms. The van der Waals surface area contributed by atoms with Crippen LogP contribution < -0.4 is 10.9 Å². The number of aromatic nitrogens is 2. The van der Waals surface area contributed by atoms with E-state index < -0.39 is 0 Å². The van der Waals surface area contributed by atoms with Gasteiger partial charge in [-0.3, -0.25) is 9.36 Å². The van der Waals surface area contributed by atoms with Gasteiger partial charge < -0.3 is 5.32 Å². The second kappa shape index (κ2) is 6.37. The molecule has 0 radical (unpaired) electrons. The molecular formula is C16H21N3O. The molecule has 0 saturated heterocycles. The van der Waals surface area contributed by atoms with Gasteiger partial charge in [-0.05, 0) is 37.0 Å². The molecule has 1 heterocycles. The molecule has 2 aromatic rings. The van der Waals surface area contributed by atoms with E-state index in [2.05, 4.69) is 24.1 Å². The molecular weight excluding hydrogens is 250 g/mol. The first-order chi connectivity index (χ1) is 9.58. The maximum absolute atomic E-state index is 12.4. The third kappa shape index (κ3) is 3.47. The first-order valence-corrected chi connectivity index (χ1v) is 6.96. The van der Waals surface area contributed by atoms with Crippen molar-refractivity contribution in [1.29, 1.82) is 0 Å². The van der Waals surface area contributed by atoms with Crippen molar-refractivity contribution in [2.45, 2.75) is 27.2 Å². The lowest BCUT2D eigenvalue weighted by molar-refractivity contribution is 0.606. The van der Waals surface area contributed by atoms with Crippen molar-refractivity contribution in [1.82, 2.24) is 9.55 Å². The Morgan fingerprint density at radius 3 is 2.85 bits per heavy atom. The van der Waals surface area contributed by atoms with E-state index in [1.54, 1.807) is 17.0 Å². The van der Waals surface area contributed by atoms with E-state index in [1.165, 1.54) is 0 Å². The molecule has 0 aliphatic rings. The Labute approximate surface area is 119 Å². The van der Waals surface area contributed by atoms with E-state index in [-0.39, 0.29) is 5.56 Å². The summed E-state index contributed by atoms with van der Waals surface area (Å²) >= 11 is 0. The van der Waals surface area contributed by atoms with Gasteiger partial charge in [-0.1, -0.05) is 26.0 Å². The zero-order valence-corrected chi connectivity index (χ0v) is 12.3. The van der Waals surface area contributed by atoms with Crippen molar-refractivity contribution < 1.29 is 0 Å². The highest BCUT2D eigenvalue weighted by Gasteiger charge is 2.06. The fourth-order valence-corrected chi connectivity index (χ4v) is 1.99. The van der Waals surface area contributed by atoms with Crippen molar-refractivity contribution in [3.8, 4) is 5.69 Å². The lowest BCUT2D eigenvalue weighted by Crippen LogP contribution is -2.23. The molecule has 0 saturated carbocycles. The normalized spacial score (nSPS) is 10.8. The first-order valence-electron chi connectivity index (χ1n) is 6.96. The van der Waals surface area contributed by atoms with Crippen LogP contribution in [0, 0.1) is 12.8 Å². The molecule has 0 fully saturated rings. The minimum Gasteiger partial charge on any atom is -0.365 e. The summed E-state index contributed by atoms with van der Waals surface area (Å²) in [6.07, 6.45) is 4.37. The number of anilines is 1. The summed E-state index contributed by atoms with van der Waals surface area (Å²) in [4.78, 5) is 16.5. The second-order valence-electron chi connectivity index (χ2n) is 5.40. The van der Waals surface area contributed by atoms with Gasteiger partial charge in [-0.2, -0.15) is 0 Å². The molecule has 4 nitrogen and oxygen atoms in total. The van der Waals surface area contributed by atoms with Crippen LogP contribution in [0.3, 0.4) is 0 Å². The molecule has 0 aliphatic heterocycles. The number of nitrogens with zero attached hydrogens (tertiary/aromatic N) is 2. The van der Waals surface area contributed by atoms with Gasteiger partial charge in [0.05, 0.1) is 0 Å². The minimum atomic E-state index is -0.109. The molecule has 0 atom stereocenters. The van der Waals surface area contributed by atoms with Gasteiger partial charge in [-0.25, -0.2) is 4.98 Å². The molecule has 0 bridgehead atoms. The Morgan fingerprint density at radius 2 is 2.15 bits per heavy atom. The maximum atomic E-state index is 12.4. The Morgan fingerprint density at radius 1 is 1.35 bits per heavy atom. The standard InChI is InChI=1S/C16H21N3O/c1-12(2)7-8-17-15-16(20)19(10-9-18-15)14-6-4-5-13(3)11-14/h4-6,9-12H,7-8H2,1-3H3,(H,17,18). The van der Waals surface area contributed by atoms with Crippen LogP contribution in [0.15, 0.2) is 41.5 Å². The molecule has 0 amide bonds. The third-order valence-corrected chi connectivity index (χ3v) is 3.13. The van der Waals surface area contributed by atoms with Crippen LogP contribution in [0.2, 0.25) is 0 Å². The molecule has 1 aromatic carbocycles. The van der Waals surface area contributed by atoms with Gasteiger partial charge in [0.25, 0.3) is 5.56 Å². The topological polar surface area (TPSA) is 46.9 Å². The average molecular weight is 271 g/mol. The maximum Gasteiger partial charge on any atom is 0.297 e. The van der Waals surface area contributed by atoms with E-state index in [4.69, 9.17) is 0 Å². The summed E-state index contributed by atoms with van der Waals surface area (Å²) < 4.78 is 1.62. The Kier molecular flexibility index (Phi) is 4.56. The zero-order valence-electron chi connectivity index (χ0n) is 12.3. The van der Waals surface area contributed by atoms with Crippen LogP contribution in [0.4, 0.5) is 5.82 Å². The van der Waals surface area contributed by atoms with E-state index >= 15 is 0 Å². The summed E-state index contributed by atoms with van der Waals surface area (Å²) in [6.45, 7) is 7.09. The highest BCUT2D eigenvalue weighted by Crippen LogP contribution is 2.08. The fraction of sp³-hybridized carbons (Fsp3) is 0.375. The number of rotatable bonds is 5. The number of aryl methyl sites for hydroxylation is 1. The van der Waals surface area contributed by atoms with Gasteiger partial charge in [-0.15, -0.1) is 0 Å². The predicted molar refractivity (Wildman–Crippen MR) is 82.5 cm³/mol.